The van der Waals surface area contributed by atoms with Gasteiger partial charge in [0.1, 0.15) is 10.2 Å². The van der Waals surface area contributed by atoms with E-state index >= 15 is 0 Å². The van der Waals surface area contributed by atoms with Crippen LogP contribution in [0.1, 0.15) is 32.1 Å². The molecule has 1 aliphatic carbocycles. The van der Waals surface area contributed by atoms with E-state index in [0.717, 1.165) is 36.6 Å². The maximum Gasteiger partial charge on any atom is 0.195 e. The number of rotatable bonds is 3. The van der Waals surface area contributed by atoms with Crippen molar-refractivity contribution in [3.05, 3.63) is 69.8 Å². The third-order valence-corrected chi connectivity index (χ3v) is 11.9. The molecule has 2 aromatic rings. The van der Waals surface area contributed by atoms with Crippen LogP contribution in [0.5, 0.6) is 0 Å². The van der Waals surface area contributed by atoms with Gasteiger partial charge in [0.2, 0.25) is 0 Å². The van der Waals surface area contributed by atoms with Crippen LogP contribution in [0.4, 0.5) is 0 Å². The van der Waals surface area contributed by atoms with Gasteiger partial charge in [-0.15, -0.1) is 0 Å². The van der Waals surface area contributed by atoms with Crippen LogP contribution in [0.25, 0.3) is 0 Å². The molecular weight excluding hydrogens is 431 g/mol. The predicted molar refractivity (Wildman–Crippen MR) is 111 cm³/mol. The summed E-state index contributed by atoms with van der Waals surface area (Å²) >= 11 is 1.96. The van der Waals surface area contributed by atoms with Gasteiger partial charge in [-0.2, -0.15) is 0 Å². The standard InChI is InChI=1S/C20H20BrO3PS/c21-18-19(26(23)24-20(18)14-8-3-9-15-20)25(22,16-10-4-1-5-11-16)17-12-6-2-7-13-17/h1-2,4-7,10-13H,3,8-9,14-15H2. The lowest BCUT2D eigenvalue weighted by Gasteiger charge is -2.31. The van der Waals surface area contributed by atoms with Crippen molar-refractivity contribution < 1.29 is 13.0 Å². The Bertz CT molecular complexity index is 862. The normalized spacial score (nSPS) is 22.7. The van der Waals surface area contributed by atoms with E-state index in [2.05, 4.69) is 15.9 Å². The first-order valence-electron chi connectivity index (χ1n) is 8.81. The second kappa shape index (κ2) is 7.20. The minimum atomic E-state index is -3.27. The van der Waals surface area contributed by atoms with Gasteiger partial charge in [0.15, 0.2) is 18.2 Å². The smallest absolute Gasteiger partial charge is 0.195 e. The zero-order valence-corrected chi connectivity index (χ0v) is 17.6. The summed E-state index contributed by atoms with van der Waals surface area (Å²) in [4.78, 5) is 0. The van der Waals surface area contributed by atoms with Crippen LogP contribution < -0.4 is 10.6 Å². The van der Waals surface area contributed by atoms with Crippen molar-refractivity contribution in [3.63, 3.8) is 0 Å². The van der Waals surface area contributed by atoms with Gasteiger partial charge in [-0.05, 0) is 12.8 Å². The van der Waals surface area contributed by atoms with Gasteiger partial charge in [0.05, 0.1) is 4.48 Å². The highest BCUT2D eigenvalue weighted by molar-refractivity contribution is 9.12. The van der Waals surface area contributed by atoms with Crippen LogP contribution in [0, 0.1) is 0 Å². The molecule has 0 saturated heterocycles. The van der Waals surface area contributed by atoms with E-state index in [-0.39, 0.29) is 0 Å². The van der Waals surface area contributed by atoms with Crippen molar-refractivity contribution in [1.29, 1.82) is 0 Å². The van der Waals surface area contributed by atoms with Gasteiger partial charge in [-0.1, -0.05) is 95.9 Å². The SMILES string of the molecule is O=S1OC2(CCCCC2)C(Br)=C1P(=O)(c1ccccc1)c1ccccc1. The molecule has 4 rings (SSSR count). The van der Waals surface area contributed by atoms with Gasteiger partial charge in [-0.25, -0.2) is 4.21 Å². The van der Waals surface area contributed by atoms with Crippen LogP contribution >= 0.6 is 23.1 Å². The van der Waals surface area contributed by atoms with Crippen molar-refractivity contribution >= 4 is 44.8 Å². The molecule has 1 spiro atoms. The summed E-state index contributed by atoms with van der Waals surface area (Å²) in [6, 6.07) is 18.7. The lowest BCUT2D eigenvalue weighted by molar-refractivity contribution is 0.0994. The zero-order chi connectivity index (χ0) is 18.2. The monoisotopic (exact) mass is 450 g/mol. The number of hydrogen-bond acceptors (Lipinski definition) is 3. The molecular formula is C20H20BrO3PS. The summed E-state index contributed by atoms with van der Waals surface area (Å²) in [6.45, 7) is 0. The molecule has 3 nitrogen and oxygen atoms in total. The zero-order valence-electron chi connectivity index (χ0n) is 14.3. The average molecular weight is 451 g/mol. The number of benzene rings is 2. The van der Waals surface area contributed by atoms with Gasteiger partial charge in [-0.3, -0.25) is 4.18 Å². The molecule has 2 aliphatic rings. The lowest BCUT2D eigenvalue weighted by Crippen LogP contribution is -2.32. The van der Waals surface area contributed by atoms with Gasteiger partial charge in [0.25, 0.3) is 0 Å². The van der Waals surface area contributed by atoms with E-state index in [1.807, 2.05) is 60.7 Å². The van der Waals surface area contributed by atoms with E-state index in [1.165, 1.54) is 0 Å². The lowest BCUT2D eigenvalue weighted by atomic mass is 9.85. The van der Waals surface area contributed by atoms with Crippen molar-refractivity contribution in [2.45, 2.75) is 37.7 Å². The second-order valence-corrected chi connectivity index (χ2v) is 11.6. The Labute approximate surface area is 165 Å². The second-order valence-electron chi connectivity index (χ2n) is 6.77. The van der Waals surface area contributed by atoms with Crippen LogP contribution in [0.15, 0.2) is 69.8 Å². The summed E-state index contributed by atoms with van der Waals surface area (Å²) < 4.78 is 34.7. The molecule has 1 heterocycles. The summed E-state index contributed by atoms with van der Waals surface area (Å²) in [5.74, 6) is 0. The molecule has 6 heteroatoms. The molecule has 0 radical (unpaired) electrons. The quantitative estimate of drug-likeness (QED) is 0.620. The maximum atomic E-state index is 14.5. The summed E-state index contributed by atoms with van der Waals surface area (Å²) in [5.41, 5.74) is -0.586. The molecule has 0 N–H and O–H groups in total. The Morgan fingerprint density at radius 3 is 1.88 bits per heavy atom. The topological polar surface area (TPSA) is 43.4 Å². The Morgan fingerprint density at radius 1 is 0.885 bits per heavy atom. The molecule has 26 heavy (non-hydrogen) atoms. The molecule has 1 fully saturated rings. The fraction of sp³-hybridized carbons (Fsp3) is 0.300. The first-order valence-corrected chi connectivity index (χ1v) is 12.4. The molecule has 0 aromatic heterocycles. The van der Waals surface area contributed by atoms with Crippen LogP contribution in [-0.2, 0) is 19.8 Å². The highest BCUT2D eigenvalue weighted by Crippen LogP contribution is 2.62. The molecule has 0 amide bonds. The molecule has 1 aliphatic heterocycles. The highest BCUT2D eigenvalue weighted by Gasteiger charge is 2.52. The fourth-order valence-electron chi connectivity index (χ4n) is 3.82. The number of halogens is 1. The average Bonchev–Trinajstić information content (AvgIpc) is 2.93. The highest BCUT2D eigenvalue weighted by atomic mass is 79.9. The van der Waals surface area contributed by atoms with E-state index in [4.69, 9.17) is 4.18 Å². The Hall–Kier alpha value is -1.00. The summed E-state index contributed by atoms with van der Waals surface area (Å²) in [5, 5.41) is 1.37. The summed E-state index contributed by atoms with van der Waals surface area (Å²) in [6.07, 6.45) is 4.84. The van der Waals surface area contributed by atoms with E-state index in [9.17, 15) is 8.77 Å². The van der Waals surface area contributed by atoms with E-state index in [1.54, 1.807) is 0 Å². The van der Waals surface area contributed by atoms with Crippen molar-refractivity contribution in [1.82, 2.24) is 0 Å². The minimum Gasteiger partial charge on any atom is -0.308 e. The largest absolute Gasteiger partial charge is 0.308 e. The van der Waals surface area contributed by atoms with Crippen molar-refractivity contribution in [3.8, 4) is 0 Å². The Morgan fingerprint density at radius 2 is 1.38 bits per heavy atom. The van der Waals surface area contributed by atoms with Crippen molar-refractivity contribution in [2.75, 3.05) is 0 Å². The van der Waals surface area contributed by atoms with Gasteiger partial charge in [0, 0.05) is 10.6 Å². The molecule has 1 atom stereocenters. The third-order valence-electron chi connectivity index (χ3n) is 5.17. The molecule has 1 saturated carbocycles. The van der Waals surface area contributed by atoms with Crippen LogP contribution in [-0.4, -0.2) is 9.81 Å². The molecule has 136 valence electrons. The molecule has 2 aromatic carbocycles. The van der Waals surface area contributed by atoms with Crippen LogP contribution in [0.2, 0.25) is 0 Å². The minimum absolute atomic E-state index is 0.414. The number of hydrogen-bond donors (Lipinski definition) is 0. The Balaban J connectivity index is 1.95. The van der Waals surface area contributed by atoms with Crippen molar-refractivity contribution in [2.24, 2.45) is 0 Å². The molecule has 1 unspecified atom stereocenters. The van der Waals surface area contributed by atoms with Gasteiger partial charge >= 0.3 is 0 Å². The first-order chi connectivity index (χ1) is 12.6. The maximum absolute atomic E-state index is 14.5. The van der Waals surface area contributed by atoms with E-state index < -0.39 is 23.8 Å². The summed E-state index contributed by atoms with van der Waals surface area (Å²) in [7, 11) is -3.27. The first kappa shape index (κ1) is 18.4. The van der Waals surface area contributed by atoms with Gasteiger partial charge < -0.3 is 4.57 Å². The fourth-order valence-corrected chi connectivity index (χ4v) is 10.5. The molecule has 0 bridgehead atoms. The third kappa shape index (κ3) is 2.90. The Kier molecular flexibility index (Phi) is 5.08. The predicted octanol–water partition coefficient (Wildman–Crippen LogP) is 4.96. The van der Waals surface area contributed by atoms with E-state index in [0.29, 0.717) is 15.3 Å². The van der Waals surface area contributed by atoms with Crippen LogP contribution in [0.3, 0.4) is 0 Å².